The van der Waals surface area contributed by atoms with E-state index in [1.807, 2.05) is 6.07 Å². The van der Waals surface area contributed by atoms with Crippen molar-refractivity contribution < 1.29 is 4.74 Å². The van der Waals surface area contributed by atoms with Crippen molar-refractivity contribution in [3.63, 3.8) is 0 Å². The maximum absolute atomic E-state index is 9.22. The second kappa shape index (κ2) is 5.43. The van der Waals surface area contributed by atoms with Crippen molar-refractivity contribution >= 4 is 10.9 Å². The van der Waals surface area contributed by atoms with Crippen molar-refractivity contribution in [2.45, 2.75) is 18.9 Å². The Labute approximate surface area is 117 Å². The Morgan fingerprint density at radius 1 is 1.55 bits per heavy atom. The first kappa shape index (κ1) is 12.8. The summed E-state index contributed by atoms with van der Waals surface area (Å²) in [5.41, 5.74) is 1.26. The Morgan fingerprint density at radius 2 is 2.45 bits per heavy atom. The average Bonchev–Trinajstić information content (AvgIpc) is 2.89. The van der Waals surface area contributed by atoms with Gasteiger partial charge in [-0.2, -0.15) is 5.26 Å². The van der Waals surface area contributed by atoms with Crippen molar-refractivity contribution in [1.82, 2.24) is 14.9 Å². The highest BCUT2D eigenvalue weighted by Crippen LogP contribution is 2.22. The van der Waals surface area contributed by atoms with E-state index in [1.54, 1.807) is 18.5 Å². The zero-order valence-electron chi connectivity index (χ0n) is 11.4. The van der Waals surface area contributed by atoms with Crippen LogP contribution in [-0.2, 0) is 0 Å². The third-order valence-corrected chi connectivity index (χ3v) is 3.78. The number of likely N-dealkylation sites (N-methyl/N-ethyl adjacent to an activating group) is 1. The van der Waals surface area contributed by atoms with Crippen LogP contribution in [0.15, 0.2) is 24.5 Å². The third kappa shape index (κ3) is 2.43. The quantitative estimate of drug-likeness (QED) is 0.851. The van der Waals surface area contributed by atoms with Gasteiger partial charge in [-0.1, -0.05) is 0 Å². The van der Waals surface area contributed by atoms with Crippen molar-refractivity contribution in [2.75, 3.05) is 20.2 Å². The SMILES string of the molecule is CN1CCC[C@H]1COc1nc2ccncc2cc1C#N. The number of fused-ring (bicyclic) bond motifs is 1. The molecule has 2 aromatic heterocycles. The van der Waals surface area contributed by atoms with Gasteiger partial charge in [-0.15, -0.1) is 0 Å². The van der Waals surface area contributed by atoms with Crippen LogP contribution in [0.25, 0.3) is 10.9 Å². The number of hydrogen-bond donors (Lipinski definition) is 0. The van der Waals surface area contributed by atoms with E-state index < -0.39 is 0 Å². The predicted molar refractivity (Wildman–Crippen MR) is 75.4 cm³/mol. The number of hydrogen-bond acceptors (Lipinski definition) is 5. The minimum atomic E-state index is 0.413. The minimum Gasteiger partial charge on any atom is -0.475 e. The van der Waals surface area contributed by atoms with Crippen LogP contribution in [0.2, 0.25) is 0 Å². The summed E-state index contributed by atoms with van der Waals surface area (Å²) in [7, 11) is 2.10. The van der Waals surface area contributed by atoms with Gasteiger partial charge in [0.15, 0.2) is 0 Å². The van der Waals surface area contributed by atoms with E-state index in [2.05, 4.69) is 28.0 Å². The normalized spacial score (nSPS) is 19.1. The van der Waals surface area contributed by atoms with Gasteiger partial charge in [0.25, 0.3) is 0 Å². The van der Waals surface area contributed by atoms with Crippen LogP contribution in [-0.4, -0.2) is 41.1 Å². The summed E-state index contributed by atoms with van der Waals surface area (Å²) in [6.45, 7) is 1.69. The molecule has 0 aromatic carbocycles. The standard InChI is InChI=1S/C15H16N4O/c1-19-6-2-3-13(19)10-20-15-11(8-16)7-12-9-17-5-4-14(12)18-15/h4-5,7,9,13H,2-3,6,10H2,1H3/t13-/m0/s1. The molecule has 0 radical (unpaired) electrons. The first-order chi connectivity index (χ1) is 9.78. The molecule has 0 unspecified atom stereocenters. The maximum Gasteiger partial charge on any atom is 0.232 e. The lowest BCUT2D eigenvalue weighted by atomic mass is 10.2. The zero-order chi connectivity index (χ0) is 13.9. The van der Waals surface area contributed by atoms with E-state index in [-0.39, 0.29) is 0 Å². The smallest absolute Gasteiger partial charge is 0.232 e. The summed E-state index contributed by atoms with van der Waals surface area (Å²) in [4.78, 5) is 10.8. The molecule has 102 valence electrons. The molecule has 1 saturated heterocycles. The van der Waals surface area contributed by atoms with Crippen LogP contribution < -0.4 is 4.74 Å². The van der Waals surface area contributed by atoms with E-state index in [9.17, 15) is 5.26 Å². The number of nitriles is 1. The molecular weight excluding hydrogens is 252 g/mol. The Kier molecular flexibility index (Phi) is 3.48. The maximum atomic E-state index is 9.22. The Bertz CT molecular complexity index is 664. The molecule has 0 N–H and O–H groups in total. The van der Waals surface area contributed by atoms with E-state index in [1.165, 1.54) is 6.42 Å². The fraction of sp³-hybridized carbons (Fsp3) is 0.400. The molecule has 1 aliphatic rings. The van der Waals surface area contributed by atoms with E-state index in [0.29, 0.717) is 24.1 Å². The lowest BCUT2D eigenvalue weighted by molar-refractivity contribution is 0.193. The van der Waals surface area contributed by atoms with Gasteiger partial charge >= 0.3 is 0 Å². The van der Waals surface area contributed by atoms with Crippen molar-refractivity contribution in [2.24, 2.45) is 0 Å². The number of ether oxygens (including phenoxy) is 1. The number of likely N-dealkylation sites (tertiary alicyclic amines) is 1. The molecule has 2 aromatic rings. The van der Waals surface area contributed by atoms with Crippen LogP contribution >= 0.6 is 0 Å². The van der Waals surface area contributed by atoms with Crippen LogP contribution in [0.5, 0.6) is 5.88 Å². The van der Waals surface area contributed by atoms with Gasteiger partial charge < -0.3 is 9.64 Å². The second-order valence-electron chi connectivity index (χ2n) is 5.11. The summed E-state index contributed by atoms with van der Waals surface area (Å²) in [5, 5.41) is 10.1. The molecule has 0 spiro atoms. The molecule has 0 aliphatic carbocycles. The first-order valence-corrected chi connectivity index (χ1v) is 6.76. The summed E-state index contributed by atoms with van der Waals surface area (Å²) in [6.07, 6.45) is 5.73. The highest BCUT2D eigenvalue weighted by molar-refractivity contribution is 5.79. The molecule has 0 bridgehead atoms. The van der Waals surface area contributed by atoms with Gasteiger partial charge in [-0.3, -0.25) is 4.98 Å². The van der Waals surface area contributed by atoms with Crippen molar-refractivity contribution in [1.29, 1.82) is 5.26 Å². The summed E-state index contributed by atoms with van der Waals surface area (Å²) >= 11 is 0. The van der Waals surface area contributed by atoms with Gasteiger partial charge in [0, 0.05) is 23.8 Å². The zero-order valence-corrected chi connectivity index (χ0v) is 11.4. The van der Waals surface area contributed by atoms with Gasteiger partial charge in [0.05, 0.1) is 5.52 Å². The van der Waals surface area contributed by atoms with Crippen LogP contribution in [0.1, 0.15) is 18.4 Å². The highest BCUT2D eigenvalue weighted by atomic mass is 16.5. The van der Waals surface area contributed by atoms with Gasteiger partial charge in [0.2, 0.25) is 5.88 Å². The minimum absolute atomic E-state index is 0.413. The lowest BCUT2D eigenvalue weighted by Crippen LogP contribution is -2.30. The average molecular weight is 268 g/mol. The molecule has 1 atom stereocenters. The second-order valence-corrected chi connectivity index (χ2v) is 5.11. The molecule has 0 saturated carbocycles. The Morgan fingerprint density at radius 3 is 3.20 bits per heavy atom. The molecule has 5 nitrogen and oxygen atoms in total. The molecular formula is C15H16N4O. The van der Waals surface area contributed by atoms with Crippen molar-refractivity contribution in [3.05, 3.63) is 30.1 Å². The predicted octanol–water partition coefficient (Wildman–Crippen LogP) is 1.97. The topological polar surface area (TPSA) is 62.0 Å². The third-order valence-electron chi connectivity index (χ3n) is 3.78. The summed E-state index contributed by atoms with van der Waals surface area (Å²) in [6, 6.07) is 6.16. The van der Waals surface area contributed by atoms with Gasteiger partial charge in [0.1, 0.15) is 18.2 Å². The number of nitrogens with zero attached hydrogens (tertiary/aromatic N) is 4. The molecule has 3 heterocycles. The fourth-order valence-electron chi connectivity index (χ4n) is 2.55. The van der Waals surface area contributed by atoms with Crippen LogP contribution in [0.3, 0.4) is 0 Å². The fourth-order valence-corrected chi connectivity index (χ4v) is 2.55. The number of rotatable bonds is 3. The van der Waals surface area contributed by atoms with E-state index >= 15 is 0 Å². The summed E-state index contributed by atoms with van der Waals surface area (Å²) in [5.74, 6) is 0.423. The Balaban J connectivity index is 1.84. The van der Waals surface area contributed by atoms with Crippen molar-refractivity contribution in [3.8, 4) is 11.9 Å². The van der Waals surface area contributed by atoms with Crippen LogP contribution in [0, 0.1) is 11.3 Å². The monoisotopic (exact) mass is 268 g/mol. The Hall–Kier alpha value is -2.19. The van der Waals surface area contributed by atoms with Crippen LogP contribution in [0.4, 0.5) is 0 Å². The lowest BCUT2D eigenvalue weighted by Gasteiger charge is -2.19. The van der Waals surface area contributed by atoms with Gasteiger partial charge in [-0.25, -0.2) is 4.98 Å². The largest absolute Gasteiger partial charge is 0.475 e. The summed E-state index contributed by atoms with van der Waals surface area (Å²) < 4.78 is 5.79. The highest BCUT2D eigenvalue weighted by Gasteiger charge is 2.22. The number of pyridine rings is 2. The first-order valence-electron chi connectivity index (χ1n) is 6.76. The number of aromatic nitrogens is 2. The molecule has 0 amide bonds. The van der Waals surface area contributed by atoms with E-state index in [0.717, 1.165) is 23.9 Å². The van der Waals surface area contributed by atoms with E-state index in [4.69, 9.17) is 4.74 Å². The molecule has 1 aliphatic heterocycles. The molecule has 1 fully saturated rings. The molecule has 3 rings (SSSR count). The molecule has 5 heteroatoms. The van der Waals surface area contributed by atoms with Gasteiger partial charge in [-0.05, 0) is 38.6 Å². The molecule has 20 heavy (non-hydrogen) atoms.